The van der Waals surface area contributed by atoms with Crippen molar-refractivity contribution < 1.29 is 19.1 Å². The maximum atomic E-state index is 13.4. The number of benzene rings is 1. The Morgan fingerprint density at radius 2 is 2.19 bits per heavy atom. The van der Waals surface area contributed by atoms with E-state index in [0.717, 1.165) is 12.2 Å². The van der Waals surface area contributed by atoms with Gasteiger partial charge in [-0.15, -0.1) is 0 Å². The van der Waals surface area contributed by atoms with Crippen LogP contribution >= 0.6 is 0 Å². The molecular formula is C11H6FNO3. The van der Waals surface area contributed by atoms with Crippen molar-refractivity contribution in [1.82, 2.24) is 0 Å². The van der Waals surface area contributed by atoms with E-state index < -0.39 is 11.8 Å². The van der Waals surface area contributed by atoms with Gasteiger partial charge in [-0.25, -0.2) is 9.18 Å². The van der Waals surface area contributed by atoms with Crippen molar-refractivity contribution in [1.29, 1.82) is 5.26 Å². The second-order valence-corrected chi connectivity index (χ2v) is 2.83. The zero-order valence-electron chi connectivity index (χ0n) is 7.98. The fourth-order valence-electron chi connectivity index (χ4n) is 1.12. The molecule has 80 valence electrons. The summed E-state index contributed by atoms with van der Waals surface area (Å²) < 4.78 is 13.4. The molecule has 0 spiro atoms. The van der Waals surface area contributed by atoms with Crippen LogP contribution in [0, 0.1) is 17.1 Å². The van der Waals surface area contributed by atoms with Crippen molar-refractivity contribution in [3.05, 3.63) is 40.7 Å². The summed E-state index contributed by atoms with van der Waals surface area (Å²) in [5, 5.41) is 16.9. The van der Waals surface area contributed by atoms with Crippen molar-refractivity contribution in [2.45, 2.75) is 0 Å². The molecule has 0 fully saturated rings. The standard InChI is InChI=1S/C11H6FNO3/c12-11-8(5-13)2-1-7(9(11)6-14)3-4-10(15)16/h1-4,6H,(H,15,16)/b4-3+. The molecule has 0 aromatic heterocycles. The third-order valence-corrected chi connectivity index (χ3v) is 1.86. The van der Waals surface area contributed by atoms with Crippen LogP contribution in [-0.2, 0) is 4.79 Å². The first-order valence-electron chi connectivity index (χ1n) is 4.19. The second kappa shape index (κ2) is 4.84. The molecule has 0 saturated heterocycles. The van der Waals surface area contributed by atoms with Crippen molar-refractivity contribution in [2.75, 3.05) is 0 Å². The molecular weight excluding hydrogens is 213 g/mol. The highest BCUT2D eigenvalue weighted by Crippen LogP contribution is 2.17. The minimum atomic E-state index is -1.21. The summed E-state index contributed by atoms with van der Waals surface area (Å²) in [6.07, 6.45) is 2.13. The molecule has 1 N–H and O–H groups in total. The zero-order chi connectivity index (χ0) is 12.1. The average Bonchev–Trinajstić information content (AvgIpc) is 2.26. The van der Waals surface area contributed by atoms with E-state index >= 15 is 0 Å². The predicted octanol–water partition coefficient (Wildman–Crippen LogP) is 1.61. The lowest BCUT2D eigenvalue weighted by atomic mass is 10.0. The van der Waals surface area contributed by atoms with Crippen LogP contribution in [0.2, 0.25) is 0 Å². The quantitative estimate of drug-likeness (QED) is 0.618. The fourth-order valence-corrected chi connectivity index (χ4v) is 1.12. The number of aliphatic carboxylic acids is 1. The number of carbonyl (C=O) groups excluding carboxylic acids is 1. The number of carbonyl (C=O) groups is 2. The first-order chi connectivity index (χ1) is 7.60. The van der Waals surface area contributed by atoms with Crippen molar-refractivity contribution in [3.8, 4) is 6.07 Å². The number of halogens is 1. The summed E-state index contributed by atoms with van der Waals surface area (Å²) in [5.74, 6) is -2.15. The molecule has 16 heavy (non-hydrogen) atoms. The molecule has 0 atom stereocenters. The van der Waals surface area contributed by atoms with Gasteiger partial charge in [0.25, 0.3) is 0 Å². The molecule has 1 aromatic carbocycles. The maximum Gasteiger partial charge on any atom is 0.328 e. The lowest BCUT2D eigenvalue weighted by Crippen LogP contribution is -1.96. The molecule has 0 unspecified atom stereocenters. The van der Waals surface area contributed by atoms with Crippen molar-refractivity contribution >= 4 is 18.3 Å². The van der Waals surface area contributed by atoms with E-state index in [1.165, 1.54) is 12.1 Å². The summed E-state index contributed by atoms with van der Waals surface area (Å²) in [4.78, 5) is 20.9. The minimum Gasteiger partial charge on any atom is -0.478 e. The number of aldehydes is 1. The maximum absolute atomic E-state index is 13.4. The van der Waals surface area contributed by atoms with Crippen LogP contribution in [0.5, 0.6) is 0 Å². The summed E-state index contributed by atoms with van der Waals surface area (Å²) in [6, 6.07) is 4.08. The van der Waals surface area contributed by atoms with Crippen LogP contribution in [0.3, 0.4) is 0 Å². The normalized spacial score (nSPS) is 10.0. The highest BCUT2D eigenvalue weighted by atomic mass is 19.1. The SMILES string of the molecule is N#Cc1ccc(/C=C/C(=O)O)c(C=O)c1F. The molecule has 4 nitrogen and oxygen atoms in total. The van der Waals surface area contributed by atoms with Crippen LogP contribution in [0.4, 0.5) is 4.39 Å². The van der Waals surface area contributed by atoms with E-state index in [1.807, 2.05) is 0 Å². The van der Waals surface area contributed by atoms with Gasteiger partial charge in [-0.2, -0.15) is 5.26 Å². The molecule has 0 saturated carbocycles. The lowest BCUT2D eigenvalue weighted by Gasteiger charge is -2.01. The number of carboxylic acid groups (broad SMARTS) is 1. The van der Waals surface area contributed by atoms with Gasteiger partial charge in [0.15, 0.2) is 12.1 Å². The third kappa shape index (κ3) is 2.30. The number of hydrogen-bond donors (Lipinski definition) is 1. The smallest absolute Gasteiger partial charge is 0.328 e. The van der Waals surface area contributed by atoms with E-state index in [4.69, 9.17) is 10.4 Å². The molecule has 0 amide bonds. The Morgan fingerprint density at radius 1 is 1.50 bits per heavy atom. The van der Waals surface area contributed by atoms with E-state index in [0.29, 0.717) is 0 Å². The third-order valence-electron chi connectivity index (χ3n) is 1.86. The van der Waals surface area contributed by atoms with Crippen LogP contribution in [-0.4, -0.2) is 17.4 Å². The monoisotopic (exact) mass is 219 g/mol. The summed E-state index contributed by atoms with van der Waals surface area (Å²) in [7, 11) is 0. The number of nitrogens with zero attached hydrogens (tertiary/aromatic N) is 1. The number of rotatable bonds is 3. The molecule has 0 radical (unpaired) electrons. The Balaban J connectivity index is 3.33. The van der Waals surface area contributed by atoms with Gasteiger partial charge in [-0.3, -0.25) is 4.79 Å². The van der Waals surface area contributed by atoms with E-state index in [1.54, 1.807) is 6.07 Å². The van der Waals surface area contributed by atoms with Crippen LogP contribution in [0.15, 0.2) is 18.2 Å². The molecule has 0 aliphatic carbocycles. The molecule has 0 aliphatic rings. The summed E-state index contributed by atoms with van der Waals surface area (Å²) in [6.45, 7) is 0. The molecule has 0 aliphatic heterocycles. The van der Waals surface area contributed by atoms with Crippen LogP contribution in [0.1, 0.15) is 21.5 Å². The van der Waals surface area contributed by atoms with E-state index in [-0.39, 0.29) is 23.0 Å². The van der Waals surface area contributed by atoms with E-state index in [9.17, 15) is 14.0 Å². The fraction of sp³-hybridized carbons (Fsp3) is 0. The van der Waals surface area contributed by atoms with Crippen molar-refractivity contribution in [2.24, 2.45) is 0 Å². The predicted molar refractivity (Wildman–Crippen MR) is 53.2 cm³/mol. The first kappa shape index (κ1) is 11.6. The number of nitriles is 1. The first-order valence-corrected chi connectivity index (χ1v) is 4.19. The summed E-state index contributed by atoms with van der Waals surface area (Å²) >= 11 is 0. The average molecular weight is 219 g/mol. The lowest BCUT2D eigenvalue weighted by molar-refractivity contribution is -0.131. The topological polar surface area (TPSA) is 78.2 Å². The number of hydrogen-bond acceptors (Lipinski definition) is 3. The van der Waals surface area contributed by atoms with Crippen LogP contribution in [0.25, 0.3) is 6.08 Å². The zero-order valence-corrected chi connectivity index (χ0v) is 7.98. The molecule has 5 heteroatoms. The Labute approximate surface area is 90.2 Å². The molecule has 0 heterocycles. The van der Waals surface area contributed by atoms with Gasteiger partial charge < -0.3 is 5.11 Å². The Bertz CT molecular complexity index is 515. The highest BCUT2D eigenvalue weighted by Gasteiger charge is 2.10. The van der Waals surface area contributed by atoms with Crippen molar-refractivity contribution in [3.63, 3.8) is 0 Å². The minimum absolute atomic E-state index is 0.119. The van der Waals surface area contributed by atoms with E-state index in [2.05, 4.69) is 0 Å². The number of carboxylic acids is 1. The van der Waals surface area contributed by atoms with Crippen LogP contribution < -0.4 is 0 Å². The van der Waals surface area contributed by atoms with Gasteiger partial charge in [0, 0.05) is 6.08 Å². The Kier molecular flexibility index (Phi) is 3.51. The van der Waals surface area contributed by atoms with Gasteiger partial charge in [0.05, 0.1) is 11.1 Å². The molecule has 1 rings (SSSR count). The van der Waals surface area contributed by atoms with Gasteiger partial charge >= 0.3 is 5.97 Å². The Morgan fingerprint density at radius 3 is 2.69 bits per heavy atom. The Hall–Kier alpha value is -2.48. The largest absolute Gasteiger partial charge is 0.478 e. The highest BCUT2D eigenvalue weighted by molar-refractivity contribution is 5.89. The molecule has 1 aromatic rings. The second-order valence-electron chi connectivity index (χ2n) is 2.83. The van der Waals surface area contributed by atoms with Gasteiger partial charge in [-0.1, -0.05) is 6.07 Å². The van der Waals surface area contributed by atoms with Gasteiger partial charge in [0.2, 0.25) is 0 Å². The van der Waals surface area contributed by atoms with Gasteiger partial charge in [-0.05, 0) is 17.7 Å². The summed E-state index contributed by atoms with van der Waals surface area (Å²) in [5.41, 5.74) is -0.458. The molecule has 0 bridgehead atoms. The van der Waals surface area contributed by atoms with Gasteiger partial charge in [0.1, 0.15) is 6.07 Å².